The minimum Gasteiger partial charge on any atom is -0.494 e. The van der Waals surface area contributed by atoms with Gasteiger partial charge in [-0.2, -0.15) is 5.10 Å². The molecule has 0 radical (unpaired) electrons. The lowest BCUT2D eigenvalue weighted by Gasteiger charge is -2.20. The van der Waals surface area contributed by atoms with Gasteiger partial charge in [0.2, 0.25) is 0 Å². The Morgan fingerprint density at radius 1 is 1.09 bits per heavy atom. The molecule has 2 aromatic carbocycles. The fraction of sp³-hybridized carbons (Fsp3) is 0.370. The van der Waals surface area contributed by atoms with Gasteiger partial charge in [-0.3, -0.25) is 14.4 Å². The number of anilines is 1. The van der Waals surface area contributed by atoms with Gasteiger partial charge < -0.3 is 9.47 Å². The Labute approximate surface area is 210 Å². The number of hydrogen-bond acceptors (Lipinski definition) is 6. The number of para-hydroxylation sites is 1. The predicted molar refractivity (Wildman–Crippen MR) is 141 cm³/mol. The van der Waals surface area contributed by atoms with E-state index in [-0.39, 0.29) is 12.5 Å². The lowest BCUT2D eigenvalue weighted by molar-refractivity contribution is -0.120. The third-order valence-corrected chi connectivity index (χ3v) is 6.77. The van der Waals surface area contributed by atoms with Crippen molar-refractivity contribution in [2.24, 2.45) is 0 Å². The van der Waals surface area contributed by atoms with E-state index in [1.165, 1.54) is 16.9 Å². The molecule has 4 aromatic rings. The van der Waals surface area contributed by atoms with Crippen molar-refractivity contribution in [3.8, 4) is 11.5 Å². The van der Waals surface area contributed by atoms with E-state index in [4.69, 9.17) is 14.5 Å². The molecule has 0 saturated carbocycles. The van der Waals surface area contributed by atoms with Crippen LogP contribution in [0.1, 0.15) is 43.6 Å². The second-order valence-corrected chi connectivity index (χ2v) is 9.74. The number of amides is 1. The van der Waals surface area contributed by atoms with Crippen molar-refractivity contribution < 1.29 is 14.3 Å². The second kappa shape index (κ2) is 10.9. The highest BCUT2D eigenvalue weighted by Crippen LogP contribution is 2.33. The number of ether oxygens (including phenoxy) is 2. The molecule has 0 saturated heterocycles. The summed E-state index contributed by atoms with van der Waals surface area (Å²) in [5, 5.41) is 5.23. The number of aryl methyl sites for hydroxylation is 2. The molecule has 0 aliphatic heterocycles. The minimum atomic E-state index is -0.148. The molecule has 8 heteroatoms. The topological polar surface area (TPSA) is 69.5 Å². The van der Waals surface area contributed by atoms with Crippen molar-refractivity contribution in [3.63, 3.8) is 0 Å². The molecule has 2 aromatic heterocycles. The zero-order valence-corrected chi connectivity index (χ0v) is 21.8. The molecule has 0 unspecified atom stereocenters. The zero-order valence-electron chi connectivity index (χ0n) is 20.9. The average molecular weight is 493 g/mol. The number of benzene rings is 2. The predicted octanol–water partition coefficient (Wildman–Crippen LogP) is 5.74. The van der Waals surface area contributed by atoms with Crippen LogP contribution in [0.5, 0.6) is 11.5 Å². The second-order valence-electron chi connectivity index (χ2n) is 8.73. The highest BCUT2D eigenvalue weighted by atomic mass is 32.1. The van der Waals surface area contributed by atoms with Crippen molar-refractivity contribution in [1.29, 1.82) is 0 Å². The molecular weight excluding hydrogens is 460 g/mol. The number of carbonyl (C=O) groups excluding carboxylic acids is 1. The molecule has 1 amide bonds. The number of nitrogens with zero attached hydrogens (tertiary/aromatic N) is 4. The van der Waals surface area contributed by atoms with Crippen molar-refractivity contribution in [2.45, 2.75) is 47.1 Å². The molecular formula is C27H32N4O3S. The van der Waals surface area contributed by atoms with E-state index < -0.39 is 0 Å². The van der Waals surface area contributed by atoms with Gasteiger partial charge in [0, 0.05) is 12.2 Å². The lowest BCUT2D eigenvalue weighted by Crippen LogP contribution is -2.37. The molecule has 0 bridgehead atoms. The number of rotatable bonds is 10. The third kappa shape index (κ3) is 5.82. The van der Waals surface area contributed by atoms with Gasteiger partial charge in [0.05, 0.1) is 29.1 Å². The van der Waals surface area contributed by atoms with Gasteiger partial charge in [-0.25, -0.2) is 4.98 Å². The summed E-state index contributed by atoms with van der Waals surface area (Å²) in [6, 6.07) is 15.5. The van der Waals surface area contributed by atoms with Crippen molar-refractivity contribution >= 4 is 32.6 Å². The molecule has 2 heterocycles. The molecule has 4 rings (SSSR count). The molecule has 0 spiro atoms. The first kappa shape index (κ1) is 24.7. The van der Waals surface area contributed by atoms with Crippen LogP contribution in [-0.4, -0.2) is 40.4 Å². The van der Waals surface area contributed by atoms with Crippen LogP contribution in [0.3, 0.4) is 0 Å². The highest BCUT2D eigenvalue weighted by molar-refractivity contribution is 7.22. The summed E-state index contributed by atoms with van der Waals surface area (Å²) in [5.41, 5.74) is 4.16. The summed E-state index contributed by atoms with van der Waals surface area (Å²) in [6.07, 6.45) is 0. The Morgan fingerprint density at radius 2 is 1.80 bits per heavy atom. The summed E-state index contributed by atoms with van der Waals surface area (Å²) in [5.74, 6) is 1.58. The van der Waals surface area contributed by atoms with E-state index in [1.807, 2.05) is 55.8 Å². The number of thiazole rings is 1. The molecule has 0 aliphatic carbocycles. The standard InChI is InChI=1S/C27H32N4O3S/c1-6-33-21-10-12-22(13-11-21)34-17-25(32)30(14-15-31-20(5)16-19(4)29-31)27-28-26-23(18(2)3)8-7-9-24(26)35-27/h7-13,16,18H,6,14-15,17H2,1-5H3. The van der Waals surface area contributed by atoms with E-state index in [1.54, 1.807) is 4.90 Å². The molecule has 0 aliphatic rings. The average Bonchev–Trinajstić information content (AvgIpc) is 3.40. The molecule has 0 atom stereocenters. The Morgan fingerprint density at radius 3 is 2.43 bits per heavy atom. The van der Waals surface area contributed by atoms with Crippen LogP contribution in [0.15, 0.2) is 48.5 Å². The number of fused-ring (bicyclic) bond motifs is 1. The van der Waals surface area contributed by atoms with Crippen molar-refractivity contribution in [1.82, 2.24) is 14.8 Å². The first-order valence-electron chi connectivity index (χ1n) is 11.9. The maximum atomic E-state index is 13.4. The maximum Gasteiger partial charge on any atom is 0.266 e. The van der Waals surface area contributed by atoms with E-state index in [2.05, 4.69) is 37.1 Å². The maximum absolute atomic E-state index is 13.4. The van der Waals surface area contributed by atoms with E-state index in [0.717, 1.165) is 27.4 Å². The highest BCUT2D eigenvalue weighted by Gasteiger charge is 2.22. The molecule has 35 heavy (non-hydrogen) atoms. The van der Waals surface area contributed by atoms with Gasteiger partial charge in [-0.05, 0) is 68.7 Å². The largest absolute Gasteiger partial charge is 0.494 e. The summed E-state index contributed by atoms with van der Waals surface area (Å²) in [4.78, 5) is 20.0. The first-order valence-corrected chi connectivity index (χ1v) is 12.7. The van der Waals surface area contributed by atoms with E-state index in [9.17, 15) is 4.79 Å². The van der Waals surface area contributed by atoms with Gasteiger partial charge in [0.25, 0.3) is 5.91 Å². The SMILES string of the molecule is CCOc1ccc(OCC(=O)N(CCn2nc(C)cc2C)c2nc3c(C(C)C)cccc3s2)cc1. The van der Waals surface area contributed by atoms with E-state index in [0.29, 0.717) is 36.5 Å². The van der Waals surface area contributed by atoms with Crippen molar-refractivity contribution in [2.75, 3.05) is 24.7 Å². The van der Waals surface area contributed by atoms with Crippen molar-refractivity contribution in [3.05, 3.63) is 65.5 Å². The van der Waals surface area contributed by atoms with Crippen LogP contribution < -0.4 is 14.4 Å². The third-order valence-electron chi connectivity index (χ3n) is 5.73. The van der Waals surface area contributed by atoms with Crippen LogP contribution in [0.25, 0.3) is 10.2 Å². The van der Waals surface area contributed by atoms with Gasteiger partial charge in [-0.15, -0.1) is 0 Å². The summed E-state index contributed by atoms with van der Waals surface area (Å²) >= 11 is 1.53. The zero-order chi connectivity index (χ0) is 24.9. The van der Waals surface area contributed by atoms with Gasteiger partial charge >= 0.3 is 0 Å². The Bertz CT molecular complexity index is 1290. The molecule has 0 N–H and O–H groups in total. The molecule has 7 nitrogen and oxygen atoms in total. The number of aromatic nitrogens is 3. The summed E-state index contributed by atoms with van der Waals surface area (Å²) in [7, 11) is 0. The van der Waals surface area contributed by atoms with Crippen LogP contribution >= 0.6 is 11.3 Å². The summed E-state index contributed by atoms with van der Waals surface area (Å²) in [6.45, 7) is 11.8. The number of carbonyl (C=O) groups is 1. The molecule has 0 fully saturated rings. The first-order chi connectivity index (χ1) is 16.9. The fourth-order valence-electron chi connectivity index (χ4n) is 3.98. The van der Waals surface area contributed by atoms with Gasteiger partial charge in [0.1, 0.15) is 11.5 Å². The fourth-order valence-corrected chi connectivity index (χ4v) is 5.03. The minimum absolute atomic E-state index is 0.0853. The van der Waals surface area contributed by atoms with Crippen LogP contribution in [-0.2, 0) is 11.3 Å². The smallest absolute Gasteiger partial charge is 0.266 e. The van der Waals surface area contributed by atoms with E-state index >= 15 is 0 Å². The normalized spacial score (nSPS) is 11.3. The van der Waals surface area contributed by atoms with Gasteiger partial charge in [0.15, 0.2) is 11.7 Å². The monoisotopic (exact) mass is 492 g/mol. The van der Waals surface area contributed by atoms with Crippen LogP contribution in [0, 0.1) is 13.8 Å². The lowest BCUT2D eigenvalue weighted by atomic mass is 10.0. The van der Waals surface area contributed by atoms with Gasteiger partial charge in [-0.1, -0.05) is 37.3 Å². The quantitative estimate of drug-likeness (QED) is 0.282. The van der Waals surface area contributed by atoms with Crippen LogP contribution in [0.4, 0.5) is 5.13 Å². The number of hydrogen-bond donors (Lipinski definition) is 0. The Kier molecular flexibility index (Phi) is 7.70. The Hall–Kier alpha value is -3.39. The van der Waals surface area contributed by atoms with Crippen LogP contribution in [0.2, 0.25) is 0 Å². The Balaban J connectivity index is 1.57. The molecule has 184 valence electrons. The summed E-state index contributed by atoms with van der Waals surface area (Å²) < 4.78 is 14.3.